The van der Waals surface area contributed by atoms with Crippen LogP contribution in [0.25, 0.3) is 0 Å². The van der Waals surface area contributed by atoms with Gasteiger partial charge in [-0.2, -0.15) is 0 Å². The van der Waals surface area contributed by atoms with Gasteiger partial charge in [0.1, 0.15) is 0 Å². The van der Waals surface area contributed by atoms with Crippen molar-refractivity contribution < 1.29 is 23.5 Å². The Kier molecular flexibility index (Phi) is 7.65. The van der Waals surface area contributed by atoms with Gasteiger partial charge < -0.3 is 19.7 Å². The number of methoxy groups -OCH3 is 1. The number of carbonyl (C=O) groups is 2. The van der Waals surface area contributed by atoms with E-state index in [0.29, 0.717) is 11.3 Å². The molecule has 1 saturated heterocycles. The Labute approximate surface area is 176 Å². The van der Waals surface area contributed by atoms with Crippen LogP contribution in [0.2, 0.25) is 0 Å². The summed E-state index contributed by atoms with van der Waals surface area (Å²) in [6, 6.07) is 11.9. The first-order chi connectivity index (χ1) is 14.5. The molecule has 0 radical (unpaired) electrons. The monoisotopic (exact) mass is 414 g/mol. The van der Waals surface area contributed by atoms with Gasteiger partial charge in [-0.1, -0.05) is 18.9 Å². The molecular weight excluding hydrogens is 387 g/mol. The van der Waals surface area contributed by atoms with Crippen molar-refractivity contribution in [1.82, 2.24) is 0 Å². The maximum absolute atomic E-state index is 13.7. The Balaban J connectivity index is 1.44. The number of anilines is 2. The van der Waals surface area contributed by atoms with Gasteiger partial charge in [0.2, 0.25) is 0 Å². The molecule has 30 heavy (non-hydrogen) atoms. The van der Waals surface area contributed by atoms with Crippen LogP contribution in [-0.2, 0) is 20.7 Å². The molecule has 1 aliphatic rings. The zero-order valence-electron chi connectivity index (χ0n) is 17.2. The number of amides is 1. The second kappa shape index (κ2) is 10.6. The molecule has 1 aliphatic heterocycles. The van der Waals surface area contributed by atoms with E-state index in [1.165, 1.54) is 44.9 Å². The molecule has 160 valence electrons. The first-order valence-corrected chi connectivity index (χ1v) is 10.2. The SMILES string of the molecule is COc1ccc(CC(=O)OCC(=O)Nc2ccc(N3CCCCCC3)cc2)cc1F. The van der Waals surface area contributed by atoms with Crippen molar-refractivity contribution in [2.75, 3.05) is 37.0 Å². The molecule has 0 aliphatic carbocycles. The lowest BCUT2D eigenvalue weighted by molar-refractivity contribution is -0.146. The molecule has 0 atom stereocenters. The number of nitrogens with zero attached hydrogens (tertiary/aromatic N) is 1. The molecule has 0 bridgehead atoms. The fourth-order valence-corrected chi connectivity index (χ4v) is 3.47. The molecule has 0 aromatic heterocycles. The number of rotatable bonds is 7. The highest BCUT2D eigenvalue weighted by Gasteiger charge is 2.12. The number of esters is 1. The molecule has 6 nitrogen and oxygen atoms in total. The molecule has 0 spiro atoms. The summed E-state index contributed by atoms with van der Waals surface area (Å²) >= 11 is 0. The molecule has 2 aromatic rings. The van der Waals surface area contributed by atoms with Gasteiger partial charge in [0.05, 0.1) is 13.5 Å². The third-order valence-electron chi connectivity index (χ3n) is 5.05. The molecule has 0 unspecified atom stereocenters. The number of carbonyl (C=O) groups excluding carboxylic acids is 2. The lowest BCUT2D eigenvalue weighted by Crippen LogP contribution is -2.24. The second-order valence-corrected chi connectivity index (χ2v) is 7.30. The average molecular weight is 414 g/mol. The fraction of sp³-hybridized carbons (Fsp3) is 0.391. The first kappa shape index (κ1) is 21.6. The summed E-state index contributed by atoms with van der Waals surface area (Å²) < 4.78 is 23.5. The van der Waals surface area contributed by atoms with Crippen LogP contribution in [0.4, 0.5) is 15.8 Å². The van der Waals surface area contributed by atoms with Crippen molar-refractivity contribution in [2.24, 2.45) is 0 Å². The summed E-state index contributed by atoms with van der Waals surface area (Å²) in [5.74, 6) is -1.48. The Morgan fingerprint density at radius 1 is 1.03 bits per heavy atom. The zero-order valence-corrected chi connectivity index (χ0v) is 17.2. The van der Waals surface area contributed by atoms with Gasteiger partial charge in [-0.05, 0) is 54.8 Å². The van der Waals surface area contributed by atoms with E-state index in [2.05, 4.69) is 10.2 Å². The summed E-state index contributed by atoms with van der Waals surface area (Å²) in [4.78, 5) is 26.3. The number of hydrogen-bond donors (Lipinski definition) is 1. The van der Waals surface area contributed by atoms with E-state index in [-0.39, 0.29) is 12.2 Å². The summed E-state index contributed by atoms with van der Waals surface area (Å²) in [5, 5.41) is 2.72. The van der Waals surface area contributed by atoms with Crippen molar-refractivity contribution >= 4 is 23.3 Å². The number of halogens is 1. The number of nitrogens with one attached hydrogen (secondary N) is 1. The smallest absolute Gasteiger partial charge is 0.310 e. The quantitative estimate of drug-likeness (QED) is 0.695. The summed E-state index contributed by atoms with van der Waals surface area (Å²) in [6.45, 7) is 1.71. The predicted octanol–water partition coefficient (Wildman–Crippen LogP) is 3.94. The predicted molar refractivity (Wildman–Crippen MR) is 113 cm³/mol. The first-order valence-electron chi connectivity index (χ1n) is 10.2. The van der Waals surface area contributed by atoms with Crippen LogP contribution < -0.4 is 15.0 Å². The standard InChI is InChI=1S/C23H27FN2O4/c1-29-21-11-6-17(14-20(21)24)15-23(28)30-16-22(27)25-18-7-9-19(10-8-18)26-12-4-2-3-5-13-26/h6-11,14H,2-5,12-13,15-16H2,1H3,(H,25,27). The highest BCUT2D eigenvalue weighted by atomic mass is 19.1. The highest BCUT2D eigenvalue weighted by molar-refractivity contribution is 5.93. The van der Waals surface area contributed by atoms with Gasteiger partial charge in [-0.25, -0.2) is 4.39 Å². The molecule has 1 heterocycles. The Hall–Kier alpha value is -3.09. The van der Waals surface area contributed by atoms with Crippen LogP contribution in [0.5, 0.6) is 5.75 Å². The minimum absolute atomic E-state index is 0.105. The van der Waals surface area contributed by atoms with Gasteiger partial charge in [0.15, 0.2) is 18.2 Å². The van der Waals surface area contributed by atoms with Crippen LogP contribution in [0.15, 0.2) is 42.5 Å². The van der Waals surface area contributed by atoms with Gasteiger partial charge in [0.25, 0.3) is 5.91 Å². The lowest BCUT2D eigenvalue weighted by atomic mass is 10.1. The van der Waals surface area contributed by atoms with Crippen molar-refractivity contribution in [1.29, 1.82) is 0 Å². The van der Waals surface area contributed by atoms with Gasteiger partial charge >= 0.3 is 5.97 Å². The van der Waals surface area contributed by atoms with E-state index in [1.807, 2.05) is 24.3 Å². The minimum atomic E-state index is -0.605. The highest BCUT2D eigenvalue weighted by Crippen LogP contribution is 2.22. The normalized spacial score (nSPS) is 14.0. The Bertz CT molecular complexity index is 862. The van der Waals surface area contributed by atoms with E-state index in [9.17, 15) is 14.0 Å². The topological polar surface area (TPSA) is 67.9 Å². The van der Waals surface area contributed by atoms with Crippen LogP contribution in [0.1, 0.15) is 31.2 Å². The Morgan fingerprint density at radius 3 is 2.37 bits per heavy atom. The van der Waals surface area contributed by atoms with Crippen molar-refractivity contribution in [2.45, 2.75) is 32.1 Å². The van der Waals surface area contributed by atoms with E-state index >= 15 is 0 Å². The van der Waals surface area contributed by atoms with Gasteiger partial charge in [-0.15, -0.1) is 0 Å². The maximum Gasteiger partial charge on any atom is 0.310 e. The zero-order chi connectivity index (χ0) is 21.3. The summed E-state index contributed by atoms with van der Waals surface area (Å²) in [5.41, 5.74) is 2.24. The van der Waals surface area contributed by atoms with E-state index in [1.54, 1.807) is 6.07 Å². The molecule has 1 amide bonds. The lowest BCUT2D eigenvalue weighted by Gasteiger charge is -2.22. The number of ether oxygens (including phenoxy) is 2. The number of benzene rings is 2. The molecule has 3 rings (SSSR count). The molecule has 1 N–H and O–H groups in total. The Morgan fingerprint density at radius 2 is 1.73 bits per heavy atom. The van der Waals surface area contributed by atoms with E-state index < -0.39 is 24.3 Å². The van der Waals surface area contributed by atoms with Crippen LogP contribution in [-0.4, -0.2) is 38.7 Å². The average Bonchev–Trinajstić information content (AvgIpc) is 3.03. The van der Waals surface area contributed by atoms with Crippen molar-refractivity contribution in [3.05, 3.63) is 53.8 Å². The van der Waals surface area contributed by atoms with Gasteiger partial charge in [-0.3, -0.25) is 9.59 Å². The third-order valence-corrected chi connectivity index (χ3v) is 5.05. The van der Waals surface area contributed by atoms with E-state index in [4.69, 9.17) is 9.47 Å². The largest absolute Gasteiger partial charge is 0.494 e. The second-order valence-electron chi connectivity index (χ2n) is 7.30. The van der Waals surface area contributed by atoms with Crippen LogP contribution in [0.3, 0.4) is 0 Å². The molecule has 0 saturated carbocycles. The summed E-state index contributed by atoms with van der Waals surface area (Å²) in [7, 11) is 1.37. The van der Waals surface area contributed by atoms with E-state index in [0.717, 1.165) is 18.8 Å². The van der Waals surface area contributed by atoms with Crippen molar-refractivity contribution in [3.63, 3.8) is 0 Å². The maximum atomic E-state index is 13.7. The van der Waals surface area contributed by atoms with Crippen LogP contribution >= 0.6 is 0 Å². The van der Waals surface area contributed by atoms with Crippen LogP contribution in [0, 0.1) is 5.82 Å². The summed E-state index contributed by atoms with van der Waals surface area (Å²) in [6.07, 6.45) is 4.83. The molecule has 7 heteroatoms. The molecular formula is C23H27FN2O4. The number of hydrogen-bond acceptors (Lipinski definition) is 5. The minimum Gasteiger partial charge on any atom is -0.494 e. The third kappa shape index (κ3) is 6.20. The van der Waals surface area contributed by atoms with Crippen molar-refractivity contribution in [3.8, 4) is 5.75 Å². The molecule has 2 aromatic carbocycles. The molecule has 1 fully saturated rings. The van der Waals surface area contributed by atoms with Gasteiger partial charge in [0, 0.05) is 24.5 Å². The fourth-order valence-electron chi connectivity index (χ4n) is 3.47.